The van der Waals surface area contributed by atoms with Crippen LogP contribution in [0.5, 0.6) is 0 Å². The number of rotatable bonds is 6. The number of amides is 2. The minimum Gasteiger partial charge on any atom is -0.385 e. The summed E-state index contributed by atoms with van der Waals surface area (Å²) in [5.41, 5.74) is 1.27. The molecular weight excluding hydrogens is 192 g/mol. The van der Waals surface area contributed by atoms with Crippen molar-refractivity contribution in [3.05, 3.63) is 11.8 Å². The average Bonchev–Trinajstić information content (AvgIpc) is 3.04. The second-order valence-electron chi connectivity index (χ2n) is 3.91. The molecule has 0 aromatic rings. The molecule has 1 rings (SSSR count). The van der Waals surface area contributed by atoms with Crippen LogP contribution >= 0.6 is 0 Å². The third-order valence-corrected chi connectivity index (χ3v) is 2.46. The number of methoxy groups -OCH3 is 1. The van der Waals surface area contributed by atoms with Crippen LogP contribution in [0.25, 0.3) is 0 Å². The molecule has 0 aromatic carbocycles. The highest BCUT2D eigenvalue weighted by molar-refractivity contribution is 5.74. The fourth-order valence-electron chi connectivity index (χ4n) is 1.31. The van der Waals surface area contributed by atoms with Crippen molar-refractivity contribution in [1.29, 1.82) is 0 Å². The largest absolute Gasteiger partial charge is 0.385 e. The Morgan fingerprint density at radius 1 is 1.53 bits per heavy atom. The van der Waals surface area contributed by atoms with E-state index >= 15 is 0 Å². The van der Waals surface area contributed by atoms with Crippen molar-refractivity contribution in [2.75, 3.05) is 20.3 Å². The molecule has 0 unspecified atom stereocenters. The standard InChI is InChI=1S/C11H20N2O2/c1-9(10-4-5-10)8-13-11(14)12-6-3-7-15-2/h8,10H,3-7H2,1-2H3,(H2,12,13,14)/b9-8+. The van der Waals surface area contributed by atoms with E-state index in [4.69, 9.17) is 4.74 Å². The number of hydrogen-bond acceptors (Lipinski definition) is 2. The number of hydrogen-bond donors (Lipinski definition) is 2. The second-order valence-corrected chi connectivity index (χ2v) is 3.91. The summed E-state index contributed by atoms with van der Waals surface area (Å²) in [5.74, 6) is 0.707. The van der Waals surface area contributed by atoms with Gasteiger partial charge in [0.1, 0.15) is 0 Å². The molecule has 2 N–H and O–H groups in total. The van der Waals surface area contributed by atoms with Crippen molar-refractivity contribution < 1.29 is 9.53 Å². The molecule has 0 heterocycles. The number of allylic oxidation sites excluding steroid dienone is 1. The quantitative estimate of drug-likeness (QED) is 0.657. The first-order chi connectivity index (χ1) is 7.24. The molecule has 4 nitrogen and oxygen atoms in total. The van der Waals surface area contributed by atoms with Crippen LogP contribution in [0.1, 0.15) is 26.2 Å². The van der Waals surface area contributed by atoms with E-state index in [1.165, 1.54) is 18.4 Å². The van der Waals surface area contributed by atoms with Crippen LogP contribution in [0.15, 0.2) is 11.8 Å². The van der Waals surface area contributed by atoms with Crippen molar-refractivity contribution in [3.8, 4) is 0 Å². The summed E-state index contributed by atoms with van der Waals surface area (Å²) < 4.78 is 4.88. The van der Waals surface area contributed by atoms with Crippen LogP contribution < -0.4 is 10.6 Å². The molecule has 1 aliphatic carbocycles. The minimum absolute atomic E-state index is 0.133. The Bertz CT molecular complexity index is 235. The van der Waals surface area contributed by atoms with E-state index in [0.29, 0.717) is 19.1 Å². The Morgan fingerprint density at radius 3 is 2.87 bits per heavy atom. The summed E-state index contributed by atoms with van der Waals surface area (Å²) >= 11 is 0. The van der Waals surface area contributed by atoms with E-state index in [2.05, 4.69) is 17.6 Å². The van der Waals surface area contributed by atoms with Gasteiger partial charge in [0.05, 0.1) is 0 Å². The fraction of sp³-hybridized carbons (Fsp3) is 0.727. The van der Waals surface area contributed by atoms with E-state index < -0.39 is 0 Å². The Labute approximate surface area is 91.1 Å². The molecule has 1 aliphatic rings. The molecule has 0 bridgehead atoms. The molecule has 1 fully saturated rings. The van der Waals surface area contributed by atoms with Gasteiger partial charge >= 0.3 is 6.03 Å². The molecule has 0 saturated heterocycles. The maximum atomic E-state index is 11.2. The Kier molecular flexibility index (Phi) is 5.18. The first-order valence-electron chi connectivity index (χ1n) is 5.44. The highest BCUT2D eigenvalue weighted by atomic mass is 16.5. The van der Waals surface area contributed by atoms with Crippen LogP contribution in [0.3, 0.4) is 0 Å². The summed E-state index contributed by atoms with van der Waals surface area (Å²) in [7, 11) is 1.65. The SMILES string of the molecule is COCCCNC(=O)N/C=C(\C)C1CC1. The van der Waals surface area contributed by atoms with Gasteiger partial charge in [0, 0.05) is 26.5 Å². The van der Waals surface area contributed by atoms with Crippen LogP contribution in [0, 0.1) is 5.92 Å². The summed E-state index contributed by atoms with van der Waals surface area (Å²) in [6, 6.07) is -0.133. The predicted octanol–water partition coefficient (Wildman–Crippen LogP) is 1.64. The molecule has 0 spiro atoms. The maximum Gasteiger partial charge on any atom is 0.318 e. The van der Waals surface area contributed by atoms with Crippen LogP contribution in [-0.4, -0.2) is 26.3 Å². The van der Waals surface area contributed by atoms with Crippen molar-refractivity contribution >= 4 is 6.03 Å². The van der Waals surface area contributed by atoms with Gasteiger partial charge in [0.25, 0.3) is 0 Å². The molecule has 0 radical (unpaired) electrons. The number of carbonyl (C=O) groups excluding carboxylic acids is 1. The molecule has 15 heavy (non-hydrogen) atoms. The summed E-state index contributed by atoms with van der Waals surface area (Å²) in [6.07, 6.45) is 5.18. The molecule has 4 heteroatoms. The van der Waals surface area contributed by atoms with Crippen LogP contribution in [0.4, 0.5) is 4.79 Å². The molecule has 2 amide bonds. The van der Waals surface area contributed by atoms with E-state index in [9.17, 15) is 4.79 Å². The van der Waals surface area contributed by atoms with Gasteiger partial charge in [-0.05, 0) is 32.1 Å². The molecule has 86 valence electrons. The lowest BCUT2D eigenvalue weighted by Crippen LogP contribution is -2.33. The van der Waals surface area contributed by atoms with Crippen molar-refractivity contribution in [1.82, 2.24) is 10.6 Å². The van der Waals surface area contributed by atoms with Crippen molar-refractivity contribution in [3.63, 3.8) is 0 Å². The predicted molar refractivity (Wildman–Crippen MR) is 59.5 cm³/mol. The zero-order valence-corrected chi connectivity index (χ0v) is 9.51. The Morgan fingerprint density at radius 2 is 2.27 bits per heavy atom. The van der Waals surface area contributed by atoms with E-state index in [-0.39, 0.29) is 6.03 Å². The highest BCUT2D eigenvalue weighted by Crippen LogP contribution is 2.35. The smallest absolute Gasteiger partial charge is 0.318 e. The van der Waals surface area contributed by atoms with Gasteiger partial charge < -0.3 is 15.4 Å². The minimum atomic E-state index is -0.133. The first-order valence-corrected chi connectivity index (χ1v) is 5.44. The number of urea groups is 1. The van der Waals surface area contributed by atoms with Gasteiger partial charge in [0.15, 0.2) is 0 Å². The number of carbonyl (C=O) groups is 1. The number of ether oxygens (including phenoxy) is 1. The summed E-state index contributed by atoms with van der Waals surface area (Å²) in [5, 5.41) is 5.49. The number of nitrogens with one attached hydrogen (secondary N) is 2. The average molecular weight is 212 g/mol. The van der Waals surface area contributed by atoms with Gasteiger partial charge in [-0.1, -0.05) is 5.57 Å². The van der Waals surface area contributed by atoms with Crippen LogP contribution in [-0.2, 0) is 4.74 Å². The monoisotopic (exact) mass is 212 g/mol. The third kappa shape index (κ3) is 5.42. The van der Waals surface area contributed by atoms with E-state index in [0.717, 1.165) is 6.42 Å². The van der Waals surface area contributed by atoms with Crippen molar-refractivity contribution in [2.45, 2.75) is 26.2 Å². The normalized spacial score (nSPS) is 16.3. The fourth-order valence-corrected chi connectivity index (χ4v) is 1.31. The van der Waals surface area contributed by atoms with E-state index in [1.54, 1.807) is 7.11 Å². The topological polar surface area (TPSA) is 50.4 Å². The van der Waals surface area contributed by atoms with Crippen molar-refractivity contribution in [2.24, 2.45) is 5.92 Å². The summed E-state index contributed by atoms with van der Waals surface area (Å²) in [4.78, 5) is 11.2. The molecular formula is C11H20N2O2. The lowest BCUT2D eigenvalue weighted by atomic mass is 10.2. The molecule has 0 aliphatic heterocycles. The highest BCUT2D eigenvalue weighted by Gasteiger charge is 2.22. The lowest BCUT2D eigenvalue weighted by Gasteiger charge is -2.04. The van der Waals surface area contributed by atoms with Crippen LogP contribution in [0.2, 0.25) is 0 Å². The third-order valence-electron chi connectivity index (χ3n) is 2.46. The molecule has 0 aromatic heterocycles. The first kappa shape index (κ1) is 12.0. The Balaban J connectivity index is 2.04. The molecule has 0 atom stereocenters. The zero-order chi connectivity index (χ0) is 11.1. The van der Waals surface area contributed by atoms with Gasteiger partial charge in [-0.2, -0.15) is 0 Å². The van der Waals surface area contributed by atoms with Gasteiger partial charge in [-0.25, -0.2) is 4.79 Å². The maximum absolute atomic E-state index is 11.2. The summed E-state index contributed by atoms with van der Waals surface area (Å²) in [6.45, 7) is 3.39. The van der Waals surface area contributed by atoms with E-state index in [1.807, 2.05) is 6.20 Å². The van der Waals surface area contributed by atoms with Gasteiger partial charge in [-0.3, -0.25) is 0 Å². The molecule has 1 saturated carbocycles. The lowest BCUT2D eigenvalue weighted by molar-refractivity contribution is 0.193. The second kappa shape index (κ2) is 6.45. The van der Waals surface area contributed by atoms with Gasteiger partial charge in [0.2, 0.25) is 0 Å². The van der Waals surface area contributed by atoms with Gasteiger partial charge in [-0.15, -0.1) is 0 Å². The Hall–Kier alpha value is -1.03. The zero-order valence-electron chi connectivity index (χ0n) is 9.51.